The third-order valence-corrected chi connectivity index (χ3v) is 7.54. The fraction of sp³-hybridized carbons (Fsp3) is 0.385. The molecule has 0 saturated carbocycles. The van der Waals surface area contributed by atoms with Crippen molar-refractivity contribution in [1.29, 1.82) is 0 Å². The van der Waals surface area contributed by atoms with E-state index in [9.17, 15) is 9.59 Å². The third-order valence-electron chi connectivity index (χ3n) is 7.06. The van der Waals surface area contributed by atoms with Crippen LogP contribution in [0.25, 0.3) is 0 Å². The van der Waals surface area contributed by atoms with Gasteiger partial charge in [-0.05, 0) is 54.8 Å². The largest absolute Gasteiger partial charge is 0.311 e. The van der Waals surface area contributed by atoms with Gasteiger partial charge in [-0.2, -0.15) is 0 Å². The Hall–Kier alpha value is -2.90. The molecule has 1 aromatic heterocycles. The molecule has 2 atom stereocenters. The Labute approximate surface area is 214 Å². The van der Waals surface area contributed by atoms with Gasteiger partial charge in [-0.3, -0.25) is 9.59 Å². The Morgan fingerprint density at radius 3 is 2.54 bits per heavy atom. The summed E-state index contributed by atoms with van der Waals surface area (Å²) in [6.07, 6.45) is 4.12. The number of hydrogen-bond acceptors (Lipinski definition) is 4. The summed E-state index contributed by atoms with van der Waals surface area (Å²) in [5, 5.41) is 13.0. The van der Waals surface area contributed by atoms with Crippen molar-refractivity contribution >= 4 is 46.5 Å². The number of rotatable bonds is 7. The molecule has 2 aliphatic rings. The second-order valence-electron chi connectivity index (χ2n) is 9.27. The molecule has 35 heavy (non-hydrogen) atoms. The lowest BCUT2D eigenvalue weighted by molar-refractivity contribution is -0.126. The van der Waals surface area contributed by atoms with E-state index in [1.54, 1.807) is 21.7 Å². The first-order valence-electron chi connectivity index (χ1n) is 12.0. The first-order valence-corrected chi connectivity index (χ1v) is 12.8. The van der Waals surface area contributed by atoms with Gasteiger partial charge in [0.15, 0.2) is 5.82 Å². The number of carbonyl (C=O) groups excluding carboxylic acids is 2. The van der Waals surface area contributed by atoms with E-state index in [0.717, 1.165) is 36.9 Å². The number of halogens is 2. The lowest BCUT2D eigenvalue weighted by atomic mass is 9.73. The fourth-order valence-corrected chi connectivity index (χ4v) is 5.51. The van der Waals surface area contributed by atoms with E-state index in [2.05, 4.69) is 22.6 Å². The third kappa shape index (κ3) is 3.91. The topological polar surface area (TPSA) is 80.1 Å². The Bertz CT molecular complexity index is 1290. The highest BCUT2D eigenvalue weighted by atomic mass is 35.5. The maximum absolute atomic E-state index is 14.1. The standard InChI is InChI=1S/C26H27Cl2N5O2/c1-3-4-5-6-13-32-21-12-11-19(28)14-20(21)26(25(32)35)15-22(34)29-24-23(26)30-31-33(24)16(2)17-7-9-18(27)10-8-17/h7-12,14,16H,3-6,13,15H2,1-2H3,(H,29,34)/t16-,26+/m0/s1. The summed E-state index contributed by atoms with van der Waals surface area (Å²) in [4.78, 5) is 29.0. The monoisotopic (exact) mass is 511 g/mol. The van der Waals surface area contributed by atoms with E-state index < -0.39 is 5.41 Å². The molecule has 0 fully saturated rings. The van der Waals surface area contributed by atoms with E-state index >= 15 is 0 Å². The van der Waals surface area contributed by atoms with Gasteiger partial charge in [-0.1, -0.05) is 66.7 Å². The number of unbranched alkanes of at least 4 members (excludes halogenated alkanes) is 3. The van der Waals surface area contributed by atoms with Crippen LogP contribution >= 0.6 is 23.2 Å². The minimum absolute atomic E-state index is 0.0361. The molecule has 5 rings (SSSR count). The normalized spacial score (nSPS) is 19.6. The summed E-state index contributed by atoms with van der Waals surface area (Å²) in [5.74, 6) is 0.0424. The number of nitrogens with one attached hydrogen (secondary N) is 1. The van der Waals surface area contributed by atoms with Gasteiger partial charge in [0.1, 0.15) is 11.1 Å². The molecular weight excluding hydrogens is 485 g/mol. The lowest BCUT2D eigenvalue weighted by Crippen LogP contribution is -2.47. The van der Waals surface area contributed by atoms with E-state index in [4.69, 9.17) is 23.2 Å². The van der Waals surface area contributed by atoms with Crippen molar-refractivity contribution in [2.75, 3.05) is 16.8 Å². The van der Waals surface area contributed by atoms with Gasteiger partial charge in [0.25, 0.3) is 0 Å². The molecule has 3 heterocycles. The maximum atomic E-state index is 14.1. The molecule has 9 heteroatoms. The number of fused-ring (bicyclic) bond motifs is 4. The highest BCUT2D eigenvalue weighted by Crippen LogP contribution is 2.52. The molecule has 2 amide bonds. The average Bonchev–Trinajstić information content (AvgIpc) is 3.35. The highest BCUT2D eigenvalue weighted by molar-refractivity contribution is 6.31. The molecule has 3 aromatic rings. The van der Waals surface area contributed by atoms with Crippen molar-refractivity contribution in [3.63, 3.8) is 0 Å². The lowest BCUT2D eigenvalue weighted by Gasteiger charge is -2.31. The van der Waals surface area contributed by atoms with Crippen LogP contribution in [0.15, 0.2) is 42.5 Å². The van der Waals surface area contributed by atoms with Crippen LogP contribution in [-0.2, 0) is 15.0 Å². The number of carbonyl (C=O) groups is 2. The summed E-state index contributed by atoms with van der Waals surface area (Å²) in [6, 6.07) is 12.7. The molecule has 0 bridgehead atoms. The molecular formula is C26H27Cl2N5O2. The van der Waals surface area contributed by atoms with Crippen LogP contribution in [0.4, 0.5) is 11.5 Å². The molecule has 2 aromatic carbocycles. The van der Waals surface area contributed by atoms with E-state index in [0.29, 0.717) is 33.7 Å². The van der Waals surface area contributed by atoms with Gasteiger partial charge in [0.05, 0.1) is 12.5 Å². The molecule has 0 aliphatic carbocycles. The Morgan fingerprint density at radius 1 is 1.06 bits per heavy atom. The Balaban J connectivity index is 1.61. The van der Waals surface area contributed by atoms with Crippen LogP contribution in [0.2, 0.25) is 10.0 Å². The SMILES string of the molecule is CCCCCCN1C(=O)[C@]2(CC(=O)Nc3c2nnn3[C@@H](C)c2ccc(Cl)cc2)c2cc(Cl)ccc21. The predicted octanol–water partition coefficient (Wildman–Crippen LogP) is 5.75. The number of aromatic nitrogens is 3. The van der Waals surface area contributed by atoms with Crippen LogP contribution < -0.4 is 10.2 Å². The number of anilines is 2. The van der Waals surface area contributed by atoms with E-state index in [1.807, 2.05) is 37.3 Å². The summed E-state index contributed by atoms with van der Waals surface area (Å²) >= 11 is 12.5. The Morgan fingerprint density at radius 2 is 1.80 bits per heavy atom. The van der Waals surface area contributed by atoms with Crippen molar-refractivity contribution in [1.82, 2.24) is 15.0 Å². The van der Waals surface area contributed by atoms with E-state index in [1.165, 1.54) is 0 Å². The van der Waals surface area contributed by atoms with Crippen LogP contribution in [0.1, 0.15) is 68.8 Å². The maximum Gasteiger partial charge on any atom is 0.244 e. The van der Waals surface area contributed by atoms with Gasteiger partial charge >= 0.3 is 0 Å². The second kappa shape index (κ2) is 9.28. The molecule has 182 valence electrons. The summed E-state index contributed by atoms with van der Waals surface area (Å²) in [6.45, 7) is 4.71. The van der Waals surface area contributed by atoms with Gasteiger partial charge in [-0.25, -0.2) is 4.68 Å². The summed E-state index contributed by atoms with van der Waals surface area (Å²) in [5.41, 5.74) is 1.67. The minimum atomic E-state index is -1.25. The van der Waals surface area contributed by atoms with Crippen LogP contribution in [0, 0.1) is 0 Å². The van der Waals surface area contributed by atoms with Crippen molar-refractivity contribution < 1.29 is 9.59 Å². The quantitative estimate of drug-likeness (QED) is 0.409. The molecule has 2 aliphatic heterocycles. The zero-order valence-electron chi connectivity index (χ0n) is 19.7. The van der Waals surface area contributed by atoms with Crippen molar-refractivity contribution in [3.8, 4) is 0 Å². The first kappa shape index (κ1) is 23.8. The Kier molecular flexibility index (Phi) is 6.32. The van der Waals surface area contributed by atoms with Crippen LogP contribution in [0.3, 0.4) is 0 Å². The molecule has 1 spiro atoms. The number of benzene rings is 2. The molecule has 1 N–H and O–H groups in total. The second-order valence-corrected chi connectivity index (χ2v) is 10.1. The number of hydrogen-bond donors (Lipinski definition) is 1. The van der Waals surface area contributed by atoms with Crippen LogP contribution in [-0.4, -0.2) is 33.4 Å². The number of amides is 2. The minimum Gasteiger partial charge on any atom is -0.311 e. The summed E-state index contributed by atoms with van der Waals surface area (Å²) < 4.78 is 1.67. The molecule has 0 saturated heterocycles. The van der Waals surface area contributed by atoms with E-state index in [-0.39, 0.29) is 24.3 Å². The number of nitrogens with zero attached hydrogens (tertiary/aromatic N) is 4. The molecule has 0 unspecified atom stereocenters. The first-order chi connectivity index (χ1) is 16.9. The zero-order valence-corrected chi connectivity index (χ0v) is 21.2. The predicted molar refractivity (Wildman–Crippen MR) is 137 cm³/mol. The van der Waals surface area contributed by atoms with Crippen molar-refractivity contribution in [3.05, 3.63) is 69.3 Å². The zero-order chi connectivity index (χ0) is 24.7. The van der Waals surface area contributed by atoms with Crippen molar-refractivity contribution in [2.24, 2.45) is 0 Å². The summed E-state index contributed by atoms with van der Waals surface area (Å²) in [7, 11) is 0. The smallest absolute Gasteiger partial charge is 0.244 e. The average molecular weight is 512 g/mol. The highest BCUT2D eigenvalue weighted by Gasteiger charge is 2.58. The fourth-order valence-electron chi connectivity index (χ4n) is 5.21. The molecule has 7 nitrogen and oxygen atoms in total. The van der Waals surface area contributed by atoms with Gasteiger partial charge in [0, 0.05) is 22.3 Å². The molecule has 0 radical (unpaired) electrons. The van der Waals surface area contributed by atoms with Gasteiger partial charge < -0.3 is 10.2 Å². The van der Waals surface area contributed by atoms with Gasteiger partial charge in [0.2, 0.25) is 11.8 Å². The van der Waals surface area contributed by atoms with Gasteiger partial charge in [-0.15, -0.1) is 5.10 Å². The van der Waals surface area contributed by atoms with Crippen LogP contribution in [0.5, 0.6) is 0 Å². The van der Waals surface area contributed by atoms with Crippen molar-refractivity contribution in [2.45, 2.75) is 57.4 Å².